The maximum atomic E-state index is 13.2. The van der Waals surface area contributed by atoms with Crippen LogP contribution in [0.15, 0.2) is 0 Å². The lowest BCUT2D eigenvalue weighted by Gasteiger charge is -2.43. The third-order valence-electron chi connectivity index (χ3n) is 13.0. The summed E-state index contributed by atoms with van der Waals surface area (Å²) in [5, 5.41) is 32.9. The van der Waals surface area contributed by atoms with E-state index in [1.807, 2.05) is 0 Å². The average molecular weight is 737 g/mol. The van der Waals surface area contributed by atoms with Crippen LogP contribution in [0.2, 0.25) is 0 Å². The zero-order valence-corrected chi connectivity index (χ0v) is 30.7. The normalized spacial score (nSPS) is 37.6. The van der Waals surface area contributed by atoms with E-state index >= 15 is 0 Å². The van der Waals surface area contributed by atoms with Gasteiger partial charge in [-0.25, -0.2) is 5.48 Å². The highest BCUT2D eigenvalue weighted by Gasteiger charge is 2.46. The van der Waals surface area contributed by atoms with Crippen molar-refractivity contribution in [2.24, 2.45) is 41.4 Å². The van der Waals surface area contributed by atoms with Gasteiger partial charge in [0.05, 0.1) is 68.2 Å². The smallest absolute Gasteiger partial charge is 0.308 e. The number of carboxylic acid groups (broad SMARTS) is 2. The van der Waals surface area contributed by atoms with Crippen LogP contribution in [-0.2, 0) is 42.9 Å². The molecule has 14 heteroatoms. The number of amides is 1. The highest BCUT2D eigenvalue weighted by Crippen LogP contribution is 2.42. The van der Waals surface area contributed by atoms with Crippen molar-refractivity contribution < 1.29 is 58.3 Å². The van der Waals surface area contributed by atoms with Gasteiger partial charge in [-0.2, -0.15) is 0 Å². The summed E-state index contributed by atoms with van der Waals surface area (Å²) in [6, 6.07) is -0.473. The van der Waals surface area contributed by atoms with Gasteiger partial charge in [-0.3, -0.25) is 24.0 Å². The summed E-state index contributed by atoms with van der Waals surface area (Å²) >= 11 is 0. The Kier molecular flexibility index (Phi) is 14.7. The molecule has 0 aliphatic heterocycles. The lowest BCUT2D eigenvalue weighted by molar-refractivity contribution is -0.155. The van der Waals surface area contributed by atoms with E-state index in [4.69, 9.17) is 18.9 Å². The number of carbonyl (C=O) groups excluding carboxylic acids is 3. The van der Waals surface area contributed by atoms with Crippen molar-refractivity contribution in [3.63, 3.8) is 0 Å². The lowest BCUT2D eigenvalue weighted by Crippen LogP contribution is -2.50. The number of methoxy groups -OCH3 is 2. The van der Waals surface area contributed by atoms with E-state index in [1.165, 1.54) is 14.2 Å². The van der Waals surface area contributed by atoms with E-state index < -0.39 is 47.6 Å². The zero-order chi connectivity index (χ0) is 37.4. The molecule has 9 atom stereocenters. The molecule has 5 fully saturated rings. The van der Waals surface area contributed by atoms with Crippen LogP contribution in [0.5, 0.6) is 0 Å². The van der Waals surface area contributed by atoms with Crippen molar-refractivity contribution in [1.29, 1.82) is 0 Å². The molecule has 0 bridgehead atoms. The zero-order valence-electron chi connectivity index (χ0n) is 30.7. The molecule has 5 aliphatic carbocycles. The van der Waals surface area contributed by atoms with E-state index in [0.29, 0.717) is 25.7 Å². The molecule has 0 heterocycles. The third kappa shape index (κ3) is 10.2. The molecule has 0 saturated heterocycles. The Hall–Kier alpha value is -2.81. The molecule has 9 unspecified atom stereocenters. The van der Waals surface area contributed by atoms with Gasteiger partial charge in [-0.15, -0.1) is 0 Å². The fraction of sp³-hybridized carbons (Fsp3) is 0.868. The Labute approximate surface area is 306 Å². The Bertz CT molecular complexity index is 1230. The molecule has 5 N–H and O–H groups in total. The topological polar surface area (TPSA) is 207 Å². The van der Waals surface area contributed by atoms with E-state index in [0.717, 1.165) is 77.0 Å². The van der Waals surface area contributed by atoms with Crippen molar-refractivity contribution in [3.8, 4) is 0 Å². The van der Waals surface area contributed by atoms with Crippen molar-refractivity contribution in [2.75, 3.05) is 14.2 Å². The molecule has 0 spiro atoms. The molecule has 0 radical (unpaired) electrons. The van der Waals surface area contributed by atoms with Crippen LogP contribution in [0.4, 0.5) is 0 Å². The highest BCUT2D eigenvalue weighted by molar-refractivity contribution is 5.86. The first-order valence-corrected chi connectivity index (χ1v) is 19.6. The first kappa shape index (κ1) is 40.4. The molecular formula is C38H60N2O12. The number of aliphatic carboxylic acids is 2. The number of rotatable bonds is 13. The molecule has 5 saturated carbocycles. The highest BCUT2D eigenvalue weighted by atomic mass is 16.5. The van der Waals surface area contributed by atoms with Gasteiger partial charge < -0.3 is 39.7 Å². The SMILES string of the molecule is COC(=O)C1CCC(C(=O)O)C(C(=O)NC2CCC(OC3CCCC(OC4CCC(C(NO)C5CC(C(=O)OC)CCC5C(=O)O)CC4)C3)CC2)C1. The van der Waals surface area contributed by atoms with Crippen LogP contribution in [-0.4, -0.2) is 95.9 Å². The monoisotopic (exact) mass is 736 g/mol. The Balaban J connectivity index is 1.04. The summed E-state index contributed by atoms with van der Waals surface area (Å²) in [6.07, 6.45) is 12.6. The summed E-state index contributed by atoms with van der Waals surface area (Å²) in [4.78, 5) is 61.6. The maximum absolute atomic E-state index is 13.2. The molecule has 5 rings (SSSR count). The molecule has 5 aliphatic rings. The number of hydroxylamine groups is 1. The Morgan fingerprint density at radius 2 is 1.10 bits per heavy atom. The molecule has 0 aromatic heterocycles. The number of carbonyl (C=O) groups is 5. The second kappa shape index (κ2) is 19.0. The van der Waals surface area contributed by atoms with Crippen LogP contribution in [0, 0.1) is 41.4 Å². The maximum Gasteiger partial charge on any atom is 0.308 e. The van der Waals surface area contributed by atoms with Crippen molar-refractivity contribution in [3.05, 3.63) is 0 Å². The largest absolute Gasteiger partial charge is 0.481 e. The molecule has 294 valence electrons. The lowest BCUT2D eigenvalue weighted by atomic mass is 9.66. The van der Waals surface area contributed by atoms with E-state index in [9.17, 15) is 39.4 Å². The Morgan fingerprint density at radius 1 is 0.577 bits per heavy atom. The minimum Gasteiger partial charge on any atom is -0.481 e. The first-order chi connectivity index (χ1) is 25.0. The fourth-order valence-corrected chi connectivity index (χ4v) is 10.1. The number of hydrogen-bond donors (Lipinski definition) is 5. The first-order valence-electron chi connectivity index (χ1n) is 19.6. The van der Waals surface area contributed by atoms with Crippen LogP contribution >= 0.6 is 0 Å². The molecule has 0 aromatic rings. The van der Waals surface area contributed by atoms with Crippen molar-refractivity contribution in [2.45, 2.75) is 152 Å². The van der Waals surface area contributed by atoms with Gasteiger partial charge in [0.2, 0.25) is 5.91 Å². The van der Waals surface area contributed by atoms with Gasteiger partial charge in [-0.1, -0.05) is 0 Å². The molecule has 52 heavy (non-hydrogen) atoms. The van der Waals surface area contributed by atoms with Gasteiger partial charge in [0.15, 0.2) is 0 Å². The van der Waals surface area contributed by atoms with Gasteiger partial charge in [0.25, 0.3) is 0 Å². The number of esters is 2. The van der Waals surface area contributed by atoms with Crippen molar-refractivity contribution in [1.82, 2.24) is 10.8 Å². The predicted molar refractivity (Wildman–Crippen MR) is 185 cm³/mol. The van der Waals surface area contributed by atoms with Crippen LogP contribution in [0.25, 0.3) is 0 Å². The van der Waals surface area contributed by atoms with Gasteiger partial charge in [0.1, 0.15) is 0 Å². The van der Waals surface area contributed by atoms with Gasteiger partial charge in [0, 0.05) is 12.1 Å². The summed E-state index contributed by atoms with van der Waals surface area (Å²) in [5.74, 6) is -6.19. The second-order valence-corrected chi connectivity index (χ2v) is 16.1. The second-order valence-electron chi connectivity index (χ2n) is 16.1. The van der Waals surface area contributed by atoms with Crippen molar-refractivity contribution >= 4 is 29.8 Å². The number of nitrogens with one attached hydrogen (secondary N) is 2. The number of ether oxygens (including phenoxy) is 4. The summed E-state index contributed by atoms with van der Waals surface area (Å²) < 4.78 is 23.0. The van der Waals surface area contributed by atoms with E-state index in [2.05, 4.69) is 10.8 Å². The number of carboxylic acids is 2. The quantitative estimate of drug-likeness (QED) is 0.133. The fourth-order valence-electron chi connectivity index (χ4n) is 10.1. The number of hydrogen-bond acceptors (Lipinski definition) is 11. The molecule has 14 nitrogen and oxygen atoms in total. The van der Waals surface area contributed by atoms with Crippen LogP contribution < -0.4 is 10.8 Å². The van der Waals surface area contributed by atoms with Crippen LogP contribution in [0.3, 0.4) is 0 Å². The average Bonchev–Trinajstić information content (AvgIpc) is 3.15. The predicted octanol–water partition coefficient (Wildman–Crippen LogP) is 4.24. The summed E-state index contributed by atoms with van der Waals surface area (Å²) in [7, 11) is 2.66. The van der Waals surface area contributed by atoms with E-state index in [-0.39, 0.29) is 72.9 Å². The van der Waals surface area contributed by atoms with E-state index in [1.54, 1.807) is 0 Å². The summed E-state index contributed by atoms with van der Waals surface area (Å²) in [5.41, 5.74) is 2.45. The third-order valence-corrected chi connectivity index (χ3v) is 13.0. The van der Waals surface area contributed by atoms with Gasteiger partial charge >= 0.3 is 23.9 Å². The molecule has 1 amide bonds. The Morgan fingerprint density at radius 3 is 1.62 bits per heavy atom. The molecule has 0 aromatic carbocycles. The minimum absolute atomic E-state index is 0.0547. The minimum atomic E-state index is -1.00. The summed E-state index contributed by atoms with van der Waals surface area (Å²) in [6.45, 7) is 0. The standard InChI is InChI=1S/C38H60N2O12/c1-49-37(46)22-8-16-29(35(42)43)31(18-22)33(40-48)21-6-12-25(13-7-21)51-27-4-3-5-28(20-27)52-26-14-10-24(11-15-26)39-34(41)32-19-23(38(47)50-2)9-17-30(32)36(44)45/h21-33,40,48H,3-20H2,1-2H3,(H,39,41)(H,42,43)(H,44,45). The van der Waals surface area contributed by atoms with Crippen LogP contribution in [0.1, 0.15) is 116 Å². The van der Waals surface area contributed by atoms with Gasteiger partial charge in [-0.05, 0) is 127 Å². The molecular weight excluding hydrogens is 676 g/mol.